The lowest BCUT2D eigenvalue weighted by Gasteiger charge is -2.22. The standard InChI is InChI=1S/C26H26ClN5/c1-17-30-31-26-14-12-24(29-22-10-8-21(27)9-11-22)23-15-20(7-13-25(23)32(17)26)19-5-3-18(4-6-19)16-28-2/h3-11,13,15,24,28-29H,12,14,16H2,1-2H3. The van der Waals surface area contributed by atoms with Crippen LogP contribution in [-0.4, -0.2) is 21.8 Å². The Balaban J connectivity index is 1.57. The van der Waals surface area contributed by atoms with Gasteiger partial charge in [0.1, 0.15) is 11.6 Å². The molecule has 0 amide bonds. The van der Waals surface area contributed by atoms with E-state index in [1.54, 1.807) is 0 Å². The molecule has 1 aliphatic rings. The van der Waals surface area contributed by atoms with E-state index in [0.717, 1.165) is 47.4 Å². The number of nitrogens with zero attached hydrogens (tertiary/aromatic N) is 3. The highest BCUT2D eigenvalue weighted by molar-refractivity contribution is 6.30. The molecule has 4 aromatic rings. The predicted molar refractivity (Wildman–Crippen MR) is 130 cm³/mol. The minimum absolute atomic E-state index is 0.149. The summed E-state index contributed by atoms with van der Waals surface area (Å²) < 4.78 is 2.19. The fourth-order valence-corrected chi connectivity index (χ4v) is 4.57. The van der Waals surface area contributed by atoms with E-state index in [9.17, 15) is 0 Å². The minimum Gasteiger partial charge on any atom is -0.378 e. The summed E-state index contributed by atoms with van der Waals surface area (Å²) in [6.45, 7) is 2.88. The number of nitrogens with one attached hydrogen (secondary N) is 2. The monoisotopic (exact) mass is 443 g/mol. The Morgan fingerprint density at radius 3 is 2.47 bits per heavy atom. The number of hydrogen-bond acceptors (Lipinski definition) is 4. The van der Waals surface area contributed by atoms with Crippen LogP contribution in [0.1, 0.15) is 35.2 Å². The van der Waals surface area contributed by atoms with Crippen LogP contribution in [0.4, 0.5) is 5.69 Å². The van der Waals surface area contributed by atoms with Crippen LogP contribution >= 0.6 is 11.6 Å². The number of aromatic nitrogens is 3. The normalized spacial score (nSPS) is 15.0. The zero-order valence-electron chi connectivity index (χ0n) is 18.3. The first-order valence-corrected chi connectivity index (χ1v) is 11.3. The van der Waals surface area contributed by atoms with Crippen molar-refractivity contribution < 1.29 is 0 Å². The third-order valence-corrected chi connectivity index (χ3v) is 6.30. The second-order valence-electron chi connectivity index (χ2n) is 8.24. The van der Waals surface area contributed by atoms with Gasteiger partial charge in [0.2, 0.25) is 0 Å². The molecule has 0 aliphatic carbocycles. The van der Waals surface area contributed by atoms with Crippen LogP contribution in [0.5, 0.6) is 0 Å². The summed E-state index contributed by atoms with van der Waals surface area (Å²) in [5, 5.41) is 16.4. The van der Waals surface area contributed by atoms with Crippen LogP contribution in [0.3, 0.4) is 0 Å². The smallest absolute Gasteiger partial charge is 0.137 e. The first-order chi connectivity index (χ1) is 15.6. The van der Waals surface area contributed by atoms with Gasteiger partial charge in [-0.3, -0.25) is 4.57 Å². The molecule has 0 saturated carbocycles. The van der Waals surface area contributed by atoms with Crippen molar-refractivity contribution in [2.45, 2.75) is 32.4 Å². The summed E-state index contributed by atoms with van der Waals surface area (Å²) in [5.74, 6) is 1.92. The van der Waals surface area contributed by atoms with Gasteiger partial charge in [-0.25, -0.2) is 0 Å². The molecule has 5 nitrogen and oxygen atoms in total. The first-order valence-electron chi connectivity index (χ1n) is 10.9. The van der Waals surface area contributed by atoms with E-state index in [4.69, 9.17) is 11.6 Å². The lowest BCUT2D eigenvalue weighted by atomic mass is 9.95. The number of benzene rings is 3. The highest BCUT2D eigenvalue weighted by Crippen LogP contribution is 2.36. The van der Waals surface area contributed by atoms with Gasteiger partial charge in [0.25, 0.3) is 0 Å². The Bertz CT molecular complexity index is 1230. The Kier molecular flexibility index (Phi) is 5.68. The Labute approximate surface area is 193 Å². The van der Waals surface area contributed by atoms with Crippen LogP contribution in [0, 0.1) is 6.92 Å². The second kappa shape index (κ2) is 8.77. The van der Waals surface area contributed by atoms with Crippen molar-refractivity contribution in [1.29, 1.82) is 0 Å². The van der Waals surface area contributed by atoms with Crippen molar-refractivity contribution in [2.75, 3.05) is 12.4 Å². The molecule has 1 atom stereocenters. The van der Waals surface area contributed by atoms with Gasteiger partial charge in [0.05, 0.1) is 11.7 Å². The van der Waals surface area contributed by atoms with Crippen molar-refractivity contribution in [3.05, 3.63) is 94.5 Å². The predicted octanol–water partition coefficient (Wildman–Crippen LogP) is 5.71. The fourth-order valence-electron chi connectivity index (χ4n) is 4.44. The average Bonchev–Trinajstić information content (AvgIpc) is 3.10. The molecule has 0 fully saturated rings. The topological polar surface area (TPSA) is 54.8 Å². The average molecular weight is 444 g/mol. The number of rotatable bonds is 5. The van der Waals surface area contributed by atoms with Crippen LogP contribution in [0.25, 0.3) is 16.8 Å². The molecule has 0 spiro atoms. The largest absolute Gasteiger partial charge is 0.378 e. The zero-order valence-corrected chi connectivity index (χ0v) is 19.0. The maximum absolute atomic E-state index is 6.09. The number of halogens is 1. The van der Waals surface area contributed by atoms with Gasteiger partial charge in [-0.1, -0.05) is 41.9 Å². The molecule has 32 heavy (non-hydrogen) atoms. The maximum atomic E-state index is 6.09. The molecule has 6 heteroatoms. The van der Waals surface area contributed by atoms with E-state index >= 15 is 0 Å². The van der Waals surface area contributed by atoms with Crippen LogP contribution in [0.2, 0.25) is 5.02 Å². The van der Waals surface area contributed by atoms with Gasteiger partial charge >= 0.3 is 0 Å². The SMILES string of the molecule is CNCc1ccc(-c2ccc3c(c2)C(Nc2ccc(Cl)cc2)CCc2nnc(C)n2-3)cc1. The lowest BCUT2D eigenvalue weighted by molar-refractivity contribution is 0.686. The van der Waals surface area contributed by atoms with E-state index in [1.165, 1.54) is 22.3 Å². The highest BCUT2D eigenvalue weighted by atomic mass is 35.5. The molecule has 0 saturated heterocycles. The third kappa shape index (κ3) is 4.01. The number of aryl methyl sites for hydroxylation is 2. The summed E-state index contributed by atoms with van der Waals surface area (Å²) in [6, 6.07) is 23.5. The summed E-state index contributed by atoms with van der Waals surface area (Å²) in [7, 11) is 1.97. The minimum atomic E-state index is 0.149. The molecular weight excluding hydrogens is 418 g/mol. The fraction of sp³-hybridized carbons (Fsp3) is 0.231. The van der Waals surface area contributed by atoms with Gasteiger partial charge in [0.15, 0.2) is 0 Å². The quantitative estimate of drug-likeness (QED) is 0.414. The molecule has 5 rings (SSSR count). The van der Waals surface area contributed by atoms with E-state index in [1.807, 2.05) is 38.2 Å². The van der Waals surface area contributed by atoms with Gasteiger partial charge < -0.3 is 10.6 Å². The number of fused-ring (bicyclic) bond motifs is 3. The highest BCUT2D eigenvalue weighted by Gasteiger charge is 2.25. The Morgan fingerprint density at radius 1 is 0.969 bits per heavy atom. The lowest BCUT2D eigenvalue weighted by Crippen LogP contribution is -2.12. The van der Waals surface area contributed by atoms with Gasteiger partial charge in [-0.05, 0) is 79.0 Å². The summed E-state index contributed by atoms with van der Waals surface area (Å²) >= 11 is 6.09. The third-order valence-electron chi connectivity index (χ3n) is 6.05. The van der Waals surface area contributed by atoms with E-state index in [2.05, 4.69) is 67.9 Å². The molecule has 0 bridgehead atoms. The van der Waals surface area contributed by atoms with Crippen molar-refractivity contribution in [1.82, 2.24) is 20.1 Å². The molecule has 1 unspecified atom stereocenters. The zero-order chi connectivity index (χ0) is 22.1. The maximum Gasteiger partial charge on any atom is 0.137 e. The second-order valence-corrected chi connectivity index (χ2v) is 8.68. The van der Waals surface area contributed by atoms with Crippen LogP contribution < -0.4 is 10.6 Å². The molecular formula is C26H26ClN5. The summed E-state index contributed by atoms with van der Waals surface area (Å²) in [4.78, 5) is 0. The Hall–Kier alpha value is -3.15. The molecule has 1 aliphatic heterocycles. The molecule has 3 aromatic carbocycles. The van der Waals surface area contributed by atoms with E-state index in [0.29, 0.717) is 0 Å². The molecule has 2 heterocycles. The summed E-state index contributed by atoms with van der Waals surface area (Å²) in [5.41, 5.74) is 7.14. The van der Waals surface area contributed by atoms with Crippen molar-refractivity contribution in [3.8, 4) is 16.8 Å². The van der Waals surface area contributed by atoms with Gasteiger partial charge in [-0.2, -0.15) is 0 Å². The molecule has 1 aromatic heterocycles. The number of anilines is 1. The van der Waals surface area contributed by atoms with Crippen molar-refractivity contribution >= 4 is 17.3 Å². The first kappa shape index (κ1) is 20.7. The van der Waals surface area contributed by atoms with Crippen molar-refractivity contribution in [3.63, 3.8) is 0 Å². The van der Waals surface area contributed by atoms with Crippen LogP contribution in [0.15, 0.2) is 66.7 Å². The van der Waals surface area contributed by atoms with Gasteiger partial charge in [0, 0.05) is 23.7 Å². The Morgan fingerprint density at radius 2 is 1.72 bits per heavy atom. The molecule has 0 radical (unpaired) electrons. The van der Waals surface area contributed by atoms with Crippen molar-refractivity contribution in [2.24, 2.45) is 0 Å². The van der Waals surface area contributed by atoms with Crippen LogP contribution in [-0.2, 0) is 13.0 Å². The van der Waals surface area contributed by atoms with E-state index < -0.39 is 0 Å². The number of hydrogen-bond donors (Lipinski definition) is 2. The van der Waals surface area contributed by atoms with E-state index in [-0.39, 0.29) is 6.04 Å². The summed E-state index contributed by atoms with van der Waals surface area (Å²) in [6.07, 6.45) is 1.78. The molecule has 2 N–H and O–H groups in total. The van der Waals surface area contributed by atoms with Gasteiger partial charge in [-0.15, -0.1) is 10.2 Å². The molecule has 162 valence electrons.